The third-order valence-corrected chi connectivity index (χ3v) is 4.54. The number of nitrogens with zero attached hydrogens (tertiary/aromatic N) is 3. The molecule has 1 saturated carbocycles. The highest BCUT2D eigenvalue weighted by molar-refractivity contribution is 5.03. The summed E-state index contributed by atoms with van der Waals surface area (Å²) in [7, 11) is 0. The Morgan fingerprint density at radius 2 is 2.30 bits per heavy atom. The van der Waals surface area contributed by atoms with Crippen LogP contribution in [0.25, 0.3) is 0 Å². The van der Waals surface area contributed by atoms with Crippen LogP contribution < -0.4 is 5.32 Å². The monoisotopic (exact) mass is 276 g/mol. The van der Waals surface area contributed by atoms with Crippen LogP contribution in [0.4, 0.5) is 0 Å². The number of hydrogen-bond acceptors (Lipinski definition) is 3. The highest BCUT2D eigenvalue weighted by Crippen LogP contribution is 2.35. The van der Waals surface area contributed by atoms with E-state index in [9.17, 15) is 0 Å². The van der Waals surface area contributed by atoms with Gasteiger partial charge < -0.3 is 9.88 Å². The zero-order valence-corrected chi connectivity index (χ0v) is 12.7. The van der Waals surface area contributed by atoms with Crippen molar-refractivity contribution in [1.82, 2.24) is 19.8 Å². The summed E-state index contributed by atoms with van der Waals surface area (Å²) >= 11 is 0. The minimum atomic E-state index is 0.698. The third kappa shape index (κ3) is 3.61. The van der Waals surface area contributed by atoms with Crippen LogP contribution in [-0.4, -0.2) is 40.1 Å². The van der Waals surface area contributed by atoms with E-state index in [1.54, 1.807) is 0 Å². The van der Waals surface area contributed by atoms with Gasteiger partial charge in [-0.05, 0) is 45.2 Å². The SMILES string of the molecule is CCCCN(Cc1cncn1C1CC1)CC1CCCN1. The second kappa shape index (κ2) is 6.72. The molecule has 1 aliphatic heterocycles. The maximum absolute atomic E-state index is 4.37. The van der Waals surface area contributed by atoms with Crippen molar-refractivity contribution in [3.05, 3.63) is 18.2 Å². The molecular weight excluding hydrogens is 248 g/mol. The molecule has 0 aromatic carbocycles. The van der Waals surface area contributed by atoms with Gasteiger partial charge in [-0.15, -0.1) is 0 Å². The summed E-state index contributed by atoms with van der Waals surface area (Å²) in [6.07, 6.45) is 12.0. The predicted molar refractivity (Wildman–Crippen MR) is 81.7 cm³/mol. The summed E-state index contributed by atoms with van der Waals surface area (Å²) < 4.78 is 2.40. The van der Waals surface area contributed by atoms with E-state index in [0.717, 1.165) is 12.6 Å². The average Bonchev–Trinajstić information content (AvgIpc) is 2.98. The predicted octanol–water partition coefficient (Wildman–Crippen LogP) is 2.57. The summed E-state index contributed by atoms with van der Waals surface area (Å²) in [4.78, 5) is 7.00. The van der Waals surface area contributed by atoms with Crippen molar-refractivity contribution >= 4 is 0 Å². The maximum atomic E-state index is 4.37. The molecule has 20 heavy (non-hydrogen) atoms. The molecule has 2 fully saturated rings. The van der Waals surface area contributed by atoms with Crippen LogP contribution in [0, 0.1) is 0 Å². The van der Waals surface area contributed by atoms with Crippen molar-refractivity contribution in [3.8, 4) is 0 Å². The Hall–Kier alpha value is -0.870. The summed E-state index contributed by atoms with van der Waals surface area (Å²) in [6, 6.07) is 1.44. The molecule has 1 aliphatic carbocycles. The number of rotatable bonds is 8. The molecule has 1 aromatic rings. The largest absolute Gasteiger partial charge is 0.330 e. The van der Waals surface area contributed by atoms with Gasteiger partial charge in [0.2, 0.25) is 0 Å². The van der Waals surface area contributed by atoms with E-state index in [1.165, 1.54) is 63.9 Å². The summed E-state index contributed by atoms with van der Waals surface area (Å²) in [6.45, 7) is 6.95. The van der Waals surface area contributed by atoms with Crippen LogP contribution in [0.5, 0.6) is 0 Å². The fourth-order valence-electron chi connectivity index (χ4n) is 3.21. The topological polar surface area (TPSA) is 33.1 Å². The Morgan fingerprint density at radius 3 is 3.00 bits per heavy atom. The molecule has 0 amide bonds. The number of nitrogens with one attached hydrogen (secondary N) is 1. The Balaban J connectivity index is 1.60. The molecule has 2 aliphatic rings. The first-order valence-corrected chi connectivity index (χ1v) is 8.33. The Morgan fingerprint density at radius 1 is 1.40 bits per heavy atom. The lowest BCUT2D eigenvalue weighted by atomic mass is 10.2. The van der Waals surface area contributed by atoms with E-state index in [4.69, 9.17) is 0 Å². The van der Waals surface area contributed by atoms with Crippen molar-refractivity contribution in [2.45, 2.75) is 64.1 Å². The first-order valence-electron chi connectivity index (χ1n) is 8.33. The molecule has 4 nitrogen and oxygen atoms in total. The van der Waals surface area contributed by atoms with Gasteiger partial charge in [-0.2, -0.15) is 0 Å². The second-order valence-electron chi connectivity index (χ2n) is 6.41. The number of imidazole rings is 1. The minimum Gasteiger partial charge on any atom is -0.330 e. The highest BCUT2D eigenvalue weighted by atomic mass is 15.2. The van der Waals surface area contributed by atoms with Crippen molar-refractivity contribution in [2.24, 2.45) is 0 Å². The summed E-state index contributed by atoms with van der Waals surface area (Å²) in [5.74, 6) is 0. The van der Waals surface area contributed by atoms with Crippen LogP contribution in [-0.2, 0) is 6.54 Å². The molecule has 0 radical (unpaired) electrons. The molecule has 3 rings (SSSR count). The maximum Gasteiger partial charge on any atom is 0.0951 e. The average molecular weight is 276 g/mol. The number of hydrogen-bond donors (Lipinski definition) is 1. The minimum absolute atomic E-state index is 0.698. The quantitative estimate of drug-likeness (QED) is 0.792. The first-order chi connectivity index (χ1) is 9.86. The summed E-state index contributed by atoms with van der Waals surface area (Å²) in [5.41, 5.74) is 1.40. The molecular formula is C16H28N4. The summed E-state index contributed by atoms with van der Waals surface area (Å²) in [5, 5.41) is 3.63. The van der Waals surface area contributed by atoms with Gasteiger partial charge in [0.25, 0.3) is 0 Å². The molecule has 1 aromatic heterocycles. The highest BCUT2D eigenvalue weighted by Gasteiger charge is 2.26. The molecule has 112 valence electrons. The standard InChI is InChI=1S/C16H28N4/c1-2-3-9-19(11-14-5-4-8-18-14)12-16-10-17-13-20(16)15-6-7-15/h10,13-15,18H,2-9,11-12H2,1H3. The lowest BCUT2D eigenvalue weighted by Gasteiger charge is -2.26. The molecule has 1 atom stereocenters. The normalized spacial score (nSPS) is 22.8. The van der Waals surface area contributed by atoms with E-state index >= 15 is 0 Å². The molecule has 1 unspecified atom stereocenters. The molecule has 1 N–H and O–H groups in total. The van der Waals surface area contributed by atoms with E-state index < -0.39 is 0 Å². The van der Waals surface area contributed by atoms with E-state index in [2.05, 4.69) is 32.9 Å². The van der Waals surface area contributed by atoms with Crippen LogP contribution in [0.3, 0.4) is 0 Å². The molecule has 0 bridgehead atoms. The van der Waals surface area contributed by atoms with E-state index in [0.29, 0.717) is 6.04 Å². The number of unbranched alkanes of at least 4 members (excludes halogenated alkanes) is 1. The van der Waals surface area contributed by atoms with Crippen LogP contribution >= 0.6 is 0 Å². The Kier molecular flexibility index (Phi) is 4.73. The molecule has 1 saturated heterocycles. The fourth-order valence-corrected chi connectivity index (χ4v) is 3.21. The van der Waals surface area contributed by atoms with Gasteiger partial charge in [0.05, 0.1) is 12.0 Å². The van der Waals surface area contributed by atoms with Crippen LogP contribution in [0.2, 0.25) is 0 Å². The molecule has 0 spiro atoms. The number of aromatic nitrogens is 2. The second-order valence-corrected chi connectivity index (χ2v) is 6.41. The smallest absolute Gasteiger partial charge is 0.0951 e. The van der Waals surface area contributed by atoms with Crippen molar-refractivity contribution in [3.63, 3.8) is 0 Å². The third-order valence-electron chi connectivity index (χ3n) is 4.54. The lowest BCUT2D eigenvalue weighted by molar-refractivity contribution is 0.232. The zero-order chi connectivity index (χ0) is 13.8. The van der Waals surface area contributed by atoms with Gasteiger partial charge in [-0.1, -0.05) is 13.3 Å². The van der Waals surface area contributed by atoms with Crippen molar-refractivity contribution in [2.75, 3.05) is 19.6 Å². The molecule has 2 heterocycles. The van der Waals surface area contributed by atoms with Gasteiger partial charge >= 0.3 is 0 Å². The lowest BCUT2D eigenvalue weighted by Crippen LogP contribution is -2.38. The van der Waals surface area contributed by atoms with Gasteiger partial charge in [-0.25, -0.2) is 4.98 Å². The van der Waals surface area contributed by atoms with Crippen LogP contribution in [0.15, 0.2) is 12.5 Å². The van der Waals surface area contributed by atoms with Gasteiger partial charge in [0, 0.05) is 31.4 Å². The fraction of sp³-hybridized carbons (Fsp3) is 0.812. The first kappa shape index (κ1) is 14.1. The van der Waals surface area contributed by atoms with Crippen molar-refractivity contribution in [1.29, 1.82) is 0 Å². The van der Waals surface area contributed by atoms with Crippen molar-refractivity contribution < 1.29 is 0 Å². The van der Waals surface area contributed by atoms with Gasteiger partial charge in [-0.3, -0.25) is 4.90 Å². The Bertz CT molecular complexity index is 404. The van der Waals surface area contributed by atoms with E-state index in [-0.39, 0.29) is 0 Å². The molecule has 4 heteroatoms. The zero-order valence-electron chi connectivity index (χ0n) is 12.7. The van der Waals surface area contributed by atoms with Gasteiger partial charge in [0.15, 0.2) is 0 Å². The van der Waals surface area contributed by atoms with Gasteiger partial charge in [0.1, 0.15) is 0 Å². The van der Waals surface area contributed by atoms with E-state index in [1.807, 2.05) is 6.33 Å². The van der Waals surface area contributed by atoms with Crippen LogP contribution in [0.1, 0.15) is 57.2 Å². The Labute approximate surface area is 122 Å².